The van der Waals surface area contributed by atoms with Gasteiger partial charge in [0.25, 0.3) is 0 Å². The Labute approximate surface area is 106 Å². The van der Waals surface area contributed by atoms with E-state index in [0.717, 1.165) is 0 Å². The summed E-state index contributed by atoms with van der Waals surface area (Å²) in [4.78, 5) is 0. The van der Waals surface area contributed by atoms with Crippen LogP contribution in [0.25, 0.3) is 12.2 Å². The third kappa shape index (κ3) is 9.18. The molecule has 0 spiro atoms. The Kier molecular flexibility index (Phi) is 20.2. The predicted molar refractivity (Wildman–Crippen MR) is 79.7 cm³/mol. The first-order valence-corrected chi connectivity index (χ1v) is 5.78. The molecule has 0 radical (unpaired) electrons. The molecule has 0 fully saturated rings. The Morgan fingerprint density at radius 1 is 1.06 bits per heavy atom. The molecule has 17 heavy (non-hydrogen) atoms. The van der Waals surface area contributed by atoms with Crippen LogP contribution in [-0.4, -0.2) is 5.16 Å². The molecule has 0 unspecified atom stereocenters. The van der Waals surface area contributed by atoms with Crippen molar-refractivity contribution in [2.24, 2.45) is 0 Å². The maximum Gasteiger partial charge on any atom is 0.174 e. The molecule has 0 aliphatic heterocycles. The van der Waals surface area contributed by atoms with Crippen LogP contribution in [0.4, 0.5) is 5.82 Å². The van der Waals surface area contributed by atoms with Crippen LogP contribution >= 0.6 is 0 Å². The van der Waals surface area contributed by atoms with Gasteiger partial charge in [-0.15, -0.1) is 6.58 Å². The van der Waals surface area contributed by atoms with E-state index in [1.165, 1.54) is 0 Å². The van der Waals surface area contributed by atoms with Crippen molar-refractivity contribution in [1.29, 1.82) is 0 Å². The summed E-state index contributed by atoms with van der Waals surface area (Å²) in [5, 5.41) is 3.52. The number of rotatable bonds is 2. The molecule has 0 aliphatic carbocycles. The average Bonchev–Trinajstić information content (AvgIpc) is 2.75. The van der Waals surface area contributed by atoms with Crippen molar-refractivity contribution in [3.63, 3.8) is 0 Å². The van der Waals surface area contributed by atoms with Crippen LogP contribution in [-0.2, 0) is 0 Å². The molecular formula is C14H26N2O. The van der Waals surface area contributed by atoms with Crippen molar-refractivity contribution in [1.82, 2.24) is 5.16 Å². The highest BCUT2D eigenvalue weighted by Gasteiger charge is 2.05. The topological polar surface area (TPSA) is 52.0 Å². The van der Waals surface area contributed by atoms with Gasteiger partial charge < -0.3 is 10.3 Å². The highest BCUT2D eigenvalue weighted by Crippen LogP contribution is 2.17. The van der Waals surface area contributed by atoms with Crippen LogP contribution in [0.1, 0.15) is 45.9 Å². The number of hydrogen-bond acceptors (Lipinski definition) is 3. The van der Waals surface area contributed by atoms with Gasteiger partial charge >= 0.3 is 0 Å². The summed E-state index contributed by atoms with van der Waals surface area (Å²) in [6, 6.07) is 0. The Bertz CT molecular complexity index is 301. The van der Waals surface area contributed by atoms with Gasteiger partial charge in [-0.25, -0.2) is 0 Å². The molecule has 1 aromatic rings. The predicted octanol–water partition coefficient (Wildman–Crippen LogP) is 4.79. The van der Waals surface area contributed by atoms with Crippen molar-refractivity contribution in [3.8, 4) is 0 Å². The fraction of sp³-hybridized carbons (Fsp3) is 0.357. The molecule has 3 heteroatoms. The molecule has 0 aliphatic rings. The van der Waals surface area contributed by atoms with Crippen molar-refractivity contribution >= 4 is 18.0 Å². The molecule has 2 N–H and O–H groups in total. The zero-order valence-corrected chi connectivity index (χ0v) is 11.8. The standard InChI is InChI=1S/C7H8N2O.C3H6.2C2H6/c1-3-5-6(4-2)10-9-7(5)8;1-3-2;2*1-2/h3-4H,1-2H2,(H2,8,9);3H,1H2,2H3;2*1-2H3. The molecule has 0 saturated heterocycles. The first-order valence-electron chi connectivity index (χ1n) is 5.78. The van der Waals surface area contributed by atoms with Gasteiger partial charge in [-0.3, -0.25) is 0 Å². The van der Waals surface area contributed by atoms with Gasteiger partial charge in [0, 0.05) is 0 Å². The van der Waals surface area contributed by atoms with Gasteiger partial charge in [0.05, 0.1) is 5.56 Å². The van der Waals surface area contributed by atoms with Gasteiger partial charge in [-0.2, -0.15) is 0 Å². The third-order valence-electron chi connectivity index (χ3n) is 1.17. The highest BCUT2D eigenvalue weighted by molar-refractivity contribution is 5.67. The molecule has 0 amide bonds. The number of nitrogens with two attached hydrogens (primary N) is 1. The van der Waals surface area contributed by atoms with Crippen molar-refractivity contribution < 1.29 is 4.52 Å². The monoisotopic (exact) mass is 238 g/mol. The molecule has 0 aromatic carbocycles. The fourth-order valence-corrected chi connectivity index (χ4v) is 0.675. The lowest BCUT2D eigenvalue weighted by Crippen LogP contribution is -1.85. The van der Waals surface area contributed by atoms with E-state index in [4.69, 9.17) is 10.3 Å². The summed E-state index contributed by atoms with van der Waals surface area (Å²) in [6.07, 6.45) is 4.88. The Balaban J connectivity index is -0.000000239. The summed E-state index contributed by atoms with van der Waals surface area (Å²) in [6.45, 7) is 20.3. The number of nitrogens with zero attached hydrogens (tertiary/aromatic N) is 1. The lowest BCUT2D eigenvalue weighted by molar-refractivity contribution is 0.416. The summed E-state index contributed by atoms with van der Waals surface area (Å²) in [7, 11) is 0. The SMILES string of the molecule is C=CC.C=Cc1onc(N)c1C=C.CC.CC. The van der Waals surface area contributed by atoms with Crippen molar-refractivity contribution in [2.75, 3.05) is 5.73 Å². The number of aromatic nitrogens is 1. The summed E-state index contributed by atoms with van der Waals surface area (Å²) in [5.41, 5.74) is 6.11. The first kappa shape index (κ1) is 20.6. The van der Waals surface area contributed by atoms with Gasteiger partial charge in [0.15, 0.2) is 11.6 Å². The third-order valence-corrected chi connectivity index (χ3v) is 1.17. The molecule has 98 valence electrons. The van der Waals surface area contributed by atoms with Crippen molar-refractivity contribution in [3.05, 3.63) is 37.1 Å². The lowest BCUT2D eigenvalue weighted by Gasteiger charge is -1.84. The zero-order chi connectivity index (χ0) is 14.3. The number of hydrogen-bond donors (Lipinski definition) is 1. The van der Waals surface area contributed by atoms with E-state index >= 15 is 0 Å². The van der Waals surface area contributed by atoms with E-state index in [1.54, 1.807) is 18.2 Å². The fourth-order valence-electron chi connectivity index (χ4n) is 0.675. The van der Waals surface area contributed by atoms with Crippen LogP contribution < -0.4 is 5.73 Å². The minimum absolute atomic E-state index is 0.352. The van der Waals surface area contributed by atoms with Crippen molar-refractivity contribution in [2.45, 2.75) is 34.6 Å². The summed E-state index contributed by atoms with van der Waals surface area (Å²) < 4.78 is 4.77. The van der Waals surface area contributed by atoms with Gasteiger partial charge in [0.2, 0.25) is 0 Å². The number of nitrogen functional groups attached to an aromatic ring is 1. The summed E-state index contributed by atoms with van der Waals surface area (Å²) in [5.74, 6) is 0.914. The Morgan fingerprint density at radius 3 is 1.71 bits per heavy atom. The molecular weight excluding hydrogens is 212 g/mol. The number of allylic oxidation sites excluding steroid dienone is 1. The van der Waals surface area contributed by atoms with E-state index in [-0.39, 0.29) is 0 Å². The first-order chi connectivity index (χ1) is 8.21. The van der Waals surface area contributed by atoms with Crippen LogP contribution in [0.15, 0.2) is 30.3 Å². The minimum Gasteiger partial charge on any atom is -0.380 e. The van der Waals surface area contributed by atoms with Crippen LogP contribution in [0.5, 0.6) is 0 Å². The van der Waals surface area contributed by atoms with Gasteiger partial charge in [-0.1, -0.05) is 58.2 Å². The maximum absolute atomic E-state index is 5.40. The zero-order valence-electron chi connectivity index (χ0n) is 11.8. The minimum atomic E-state index is 0.352. The van der Waals surface area contributed by atoms with Gasteiger partial charge in [0.1, 0.15) is 0 Å². The molecule has 1 rings (SSSR count). The highest BCUT2D eigenvalue weighted by atomic mass is 16.5. The lowest BCUT2D eigenvalue weighted by atomic mass is 10.2. The number of anilines is 1. The van der Waals surface area contributed by atoms with E-state index in [9.17, 15) is 0 Å². The second-order valence-electron chi connectivity index (χ2n) is 2.16. The van der Waals surface area contributed by atoms with E-state index in [1.807, 2.05) is 34.6 Å². The van der Waals surface area contributed by atoms with Crippen LogP contribution in [0.3, 0.4) is 0 Å². The molecule has 0 atom stereocenters. The average molecular weight is 238 g/mol. The normalized spacial score (nSPS) is 6.88. The molecule has 3 nitrogen and oxygen atoms in total. The Morgan fingerprint density at radius 2 is 1.47 bits per heavy atom. The van der Waals surface area contributed by atoms with Crippen LogP contribution in [0.2, 0.25) is 0 Å². The van der Waals surface area contributed by atoms with Crippen LogP contribution in [0, 0.1) is 0 Å². The molecule has 0 bridgehead atoms. The maximum atomic E-state index is 5.40. The van der Waals surface area contributed by atoms with E-state index < -0.39 is 0 Å². The molecule has 0 saturated carbocycles. The molecule has 1 heterocycles. The van der Waals surface area contributed by atoms with Gasteiger partial charge in [-0.05, 0) is 13.0 Å². The summed E-state index contributed by atoms with van der Waals surface area (Å²) >= 11 is 0. The van der Waals surface area contributed by atoms with E-state index in [2.05, 4.69) is 24.9 Å². The van der Waals surface area contributed by atoms with E-state index in [0.29, 0.717) is 17.1 Å². The molecule has 1 aromatic heterocycles. The second-order valence-corrected chi connectivity index (χ2v) is 2.16. The Hall–Kier alpha value is -1.77. The second kappa shape index (κ2) is 16.7. The smallest absolute Gasteiger partial charge is 0.174 e. The quantitative estimate of drug-likeness (QED) is 0.754. The largest absolute Gasteiger partial charge is 0.380 e.